The van der Waals surface area contributed by atoms with Gasteiger partial charge in [0.25, 0.3) is 0 Å². The van der Waals surface area contributed by atoms with Crippen LogP contribution in [0, 0.1) is 0 Å². The lowest BCUT2D eigenvalue weighted by molar-refractivity contribution is 1.17. The minimum absolute atomic E-state index is 1.09. The molecule has 0 atom stereocenters. The monoisotopic (exact) mass is 862 g/mol. The Labute approximate surface area is 393 Å². The van der Waals surface area contributed by atoms with Crippen LogP contribution in [0.2, 0.25) is 0 Å². The average Bonchev–Trinajstić information content (AvgIpc) is 3.74. The van der Waals surface area contributed by atoms with E-state index in [1.54, 1.807) is 0 Å². The lowest BCUT2D eigenvalue weighted by Gasteiger charge is -2.29. The van der Waals surface area contributed by atoms with Crippen molar-refractivity contribution in [1.82, 2.24) is 4.57 Å². The van der Waals surface area contributed by atoms with Gasteiger partial charge in [0.15, 0.2) is 0 Å². The zero-order valence-electron chi connectivity index (χ0n) is 37.1. The summed E-state index contributed by atoms with van der Waals surface area (Å²) in [6, 6.07) is 93.9. The Morgan fingerprint density at radius 3 is 1.21 bits per heavy atom. The highest BCUT2D eigenvalue weighted by molar-refractivity contribution is 6.23. The van der Waals surface area contributed by atoms with Gasteiger partial charge in [-0.2, -0.15) is 0 Å². The molecule has 0 saturated carbocycles. The molecule has 0 aliphatic heterocycles. The number of benzene rings is 13. The van der Waals surface area contributed by atoms with Crippen molar-refractivity contribution in [3.8, 4) is 27.9 Å². The van der Waals surface area contributed by atoms with Crippen LogP contribution in [0.25, 0.3) is 114 Å². The van der Waals surface area contributed by atoms with Crippen molar-refractivity contribution < 1.29 is 0 Å². The zero-order chi connectivity index (χ0) is 44.7. The summed E-state index contributed by atoms with van der Waals surface area (Å²) in [6.45, 7) is 0. The lowest BCUT2D eigenvalue weighted by atomic mass is 9.86. The number of para-hydroxylation sites is 1. The molecule has 0 aliphatic carbocycles. The number of hydrogen-bond acceptors (Lipinski definition) is 1. The van der Waals surface area contributed by atoms with Gasteiger partial charge in [-0.1, -0.05) is 200 Å². The van der Waals surface area contributed by atoms with E-state index in [2.05, 4.69) is 264 Å². The van der Waals surface area contributed by atoms with E-state index in [-0.39, 0.29) is 0 Å². The first kappa shape index (κ1) is 38.3. The molecule has 0 aliphatic rings. The summed E-state index contributed by atoms with van der Waals surface area (Å²) in [6.07, 6.45) is 0. The van der Waals surface area contributed by atoms with Gasteiger partial charge in [0, 0.05) is 32.9 Å². The van der Waals surface area contributed by atoms with Crippen molar-refractivity contribution in [2.75, 3.05) is 4.90 Å². The fourth-order valence-corrected chi connectivity index (χ4v) is 11.4. The molecule has 68 heavy (non-hydrogen) atoms. The summed E-state index contributed by atoms with van der Waals surface area (Å²) in [5.41, 5.74) is 11.8. The molecule has 0 unspecified atom stereocenters. The molecule has 0 amide bonds. The van der Waals surface area contributed by atoms with Crippen LogP contribution in [0.3, 0.4) is 0 Å². The molecule has 1 heterocycles. The molecule has 0 saturated heterocycles. The molecule has 0 N–H and O–H groups in total. The Kier molecular flexibility index (Phi) is 8.62. The van der Waals surface area contributed by atoms with Crippen molar-refractivity contribution in [1.29, 1.82) is 0 Å². The molecule has 0 spiro atoms. The summed E-state index contributed by atoms with van der Waals surface area (Å²) >= 11 is 0. The molecule has 0 bridgehead atoms. The summed E-state index contributed by atoms with van der Waals surface area (Å²) < 4.78 is 2.44. The fourth-order valence-electron chi connectivity index (χ4n) is 11.4. The second-order valence-electron chi connectivity index (χ2n) is 18.0. The van der Waals surface area contributed by atoms with Crippen molar-refractivity contribution in [2.24, 2.45) is 0 Å². The fraction of sp³-hybridized carbons (Fsp3) is 0. The van der Waals surface area contributed by atoms with Crippen molar-refractivity contribution >= 4 is 104 Å². The van der Waals surface area contributed by atoms with Gasteiger partial charge in [0.05, 0.1) is 22.4 Å². The van der Waals surface area contributed by atoms with E-state index in [1.165, 1.54) is 109 Å². The zero-order valence-corrected chi connectivity index (χ0v) is 37.1. The van der Waals surface area contributed by atoms with Crippen LogP contribution in [0.5, 0.6) is 0 Å². The molecule has 2 heteroatoms. The molecule has 13 aromatic carbocycles. The number of rotatable bonds is 6. The number of fused-ring (bicyclic) bond motifs is 11. The van der Waals surface area contributed by atoms with Gasteiger partial charge in [0.1, 0.15) is 0 Å². The molecule has 0 fully saturated rings. The van der Waals surface area contributed by atoms with E-state index in [9.17, 15) is 0 Å². The molecule has 1 aromatic heterocycles. The smallest absolute Gasteiger partial charge is 0.0546 e. The number of hydrogen-bond donors (Lipinski definition) is 0. The predicted molar refractivity (Wildman–Crippen MR) is 291 cm³/mol. The van der Waals surface area contributed by atoms with Crippen molar-refractivity contribution in [3.05, 3.63) is 255 Å². The lowest BCUT2D eigenvalue weighted by Crippen LogP contribution is -2.11. The van der Waals surface area contributed by atoms with E-state index < -0.39 is 0 Å². The van der Waals surface area contributed by atoms with Crippen LogP contribution in [0.1, 0.15) is 0 Å². The molecular weight excluding hydrogens is 821 g/mol. The van der Waals surface area contributed by atoms with E-state index in [4.69, 9.17) is 0 Å². The van der Waals surface area contributed by atoms with E-state index in [0.29, 0.717) is 0 Å². The van der Waals surface area contributed by atoms with E-state index >= 15 is 0 Å². The van der Waals surface area contributed by atoms with Crippen LogP contribution in [0.4, 0.5) is 17.1 Å². The average molecular weight is 863 g/mol. The third-order valence-corrected chi connectivity index (χ3v) is 14.3. The maximum absolute atomic E-state index is 2.49. The molecule has 14 aromatic rings. The first-order valence-corrected chi connectivity index (χ1v) is 23.5. The maximum Gasteiger partial charge on any atom is 0.0546 e. The van der Waals surface area contributed by atoms with Gasteiger partial charge in [-0.05, 0) is 131 Å². The molecule has 2 nitrogen and oxygen atoms in total. The van der Waals surface area contributed by atoms with Crippen molar-refractivity contribution in [3.63, 3.8) is 0 Å². The van der Waals surface area contributed by atoms with Gasteiger partial charge in [-0.3, -0.25) is 0 Å². The highest BCUT2D eigenvalue weighted by atomic mass is 15.1. The number of aromatic nitrogens is 1. The quantitative estimate of drug-likeness (QED) is 0.119. The summed E-state index contributed by atoms with van der Waals surface area (Å²) in [4.78, 5) is 2.49. The third kappa shape index (κ3) is 5.84. The number of nitrogens with zero attached hydrogens (tertiary/aromatic N) is 2. The van der Waals surface area contributed by atoms with Crippen LogP contribution >= 0.6 is 0 Å². The first-order chi connectivity index (χ1) is 33.8. The van der Waals surface area contributed by atoms with Crippen molar-refractivity contribution in [2.45, 2.75) is 0 Å². The van der Waals surface area contributed by atoms with Gasteiger partial charge in [0.2, 0.25) is 0 Å². The second-order valence-corrected chi connectivity index (χ2v) is 18.0. The van der Waals surface area contributed by atoms with E-state index in [1.807, 2.05) is 0 Å². The van der Waals surface area contributed by atoms with Crippen LogP contribution in [-0.2, 0) is 0 Å². The van der Waals surface area contributed by atoms with Crippen LogP contribution in [0.15, 0.2) is 255 Å². The van der Waals surface area contributed by atoms with Gasteiger partial charge in [-0.15, -0.1) is 0 Å². The SMILES string of the molecule is c1ccc(-c2c3ccccc3c(-c3ccc4c(c3)c3ccccc3n4-c3ccc(N(c4cc5ccccc5c5ccccc45)c4cc5ccccc5c5ccccc45)cc3)c3ccccc23)cc1. The van der Waals surface area contributed by atoms with Gasteiger partial charge < -0.3 is 9.47 Å². The van der Waals surface area contributed by atoms with Gasteiger partial charge >= 0.3 is 0 Å². The van der Waals surface area contributed by atoms with Gasteiger partial charge in [-0.25, -0.2) is 0 Å². The molecule has 14 rings (SSSR count). The topological polar surface area (TPSA) is 8.17 Å². The first-order valence-electron chi connectivity index (χ1n) is 23.5. The highest BCUT2D eigenvalue weighted by Crippen LogP contribution is 2.48. The molecule has 316 valence electrons. The standard InChI is InChI=1S/C66H42N2/c1-2-18-43(19-3-1)65-56-29-12-14-31-58(56)66(59-32-15-13-30-57(59)65)46-34-39-62-60(40-46)55-28-16-17-33-61(55)67(62)47-35-37-48(38-36-47)68(63-41-44-20-4-6-22-49(44)51-24-8-10-26-53(51)63)64-42-45-21-5-7-23-50(45)52-25-9-11-27-54(52)64/h1-42H. The Bertz CT molecular complexity index is 4140. The Morgan fingerprint density at radius 2 is 0.662 bits per heavy atom. The minimum atomic E-state index is 1.09. The Hall–Kier alpha value is -8.98. The van der Waals surface area contributed by atoms with Crippen LogP contribution in [-0.4, -0.2) is 4.57 Å². The normalized spacial score (nSPS) is 11.8. The minimum Gasteiger partial charge on any atom is -0.309 e. The van der Waals surface area contributed by atoms with Crippen LogP contribution < -0.4 is 4.90 Å². The van der Waals surface area contributed by atoms with E-state index in [0.717, 1.165) is 22.7 Å². The second kappa shape index (κ2) is 15.3. The predicted octanol–water partition coefficient (Wildman–Crippen LogP) is 18.5. The number of anilines is 3. The highest BCUT2D eigenvalue weighted by Gasteiger charge is 2.23. The molecule has 0 radical (unpaired) electrons. The summed E-state index contributed by atoms with van der Waals surface area (Å²) in [5.74, 6) is 0. The summed E-state index contributed by atoms with van der Waals surface area (Å²) in [7, 11) is 0. The largest absolute Gasteiger partial charge is 0.309 e. The third-order valence-electron chi connectivity index (χ3n) is 14.3. The maximum atomic E-state index is 2.49. The molecular formula is C66H42N2. The summed E-state index contributed by atoms with van der Waals surface area (Å²) in [5, 5.41) is 17.3. The Balaban J connectivity index is 0.970. The Morgan fingerprint density at radius 1 is 0.250 bits per heavy atom.